The number of benzene rings is 2. The molecule has 8 heteroatoms. The van der Waals surface area contributed by atoms with Gasteiger partial charge in [-0.3, -0.25) is 24.5 Å². The molecule has 8 nitrogen and oxygen atoms in total. The molecule has 3 aliphatic heterocycles. The second-order valence-electron chi connectivity index (χ2n) is 8.22. The summed E-state index contributed by atoms with van der Waals surface area (Å²) in [6.07, 6.45) is -0.0332. The van der Waals surface area contributed by atoms with Gasteiger partial charge in [0.2, 0.25) is 11.8 Å². The number of carbonyl (C=O) groups is 4. The Bertz CT molecular complexity index is 1120. The number of carboxylic acid groups (broad SMARTS) is 1. The molecule has 4 atom stereocenters. The Morgan fingerprint density at radius 2 is 1.71 bits per heavy atom. The van der Waals surface area contributed by atoms with Crippen LogP contribution in [0, 0.1) is 11.8 Å². The van der Waals surface area contributed by atoms with Crippen molar-refractivity contribution in [2.45, 2.75) is 24.4 Å². The highest BCUT2D eigenvalue weighted by atomic mass is 16.4. The minimum absolute atomic E-state index is 0.138. The van der Waals surface area contributed by atoms with E-state index in [0.29, 0.717) is 16.9 Å². The molecule has 5 rings (SSSR count). The SMILES string of the molecule is CN1C(=O)[C@]2(N[C@H](CCC(=O)O)[C@H]3C(=O)N(c4ccccc4)C(=O)[C@@H]32)c2ccccc21. The van der Waals surface area contributed by atoms with Crippen LogP contribution in [0.5, 0.6) is 0 Å². The predicted octanol–water partition coefficient (Wildman–Crippen LogP) is 1.50. The van der Waals surface area contributed by atoms with E-state index in [1.165, 1.54) is 4.90 Å². The molecule has 3 heterocycles. The van der Waals surface area contributed by atoms with Gasteiger partial charge in [0.15, 0.2) is 0 Å². The van der Waals surface area contributed by atoms with E-state index in [2.05, 4.69) is 5.32 Å². The molecule has 2 N–H and O–H groups in total. The van der Waals surface area contributed by atoms with Gasteiger partial charge in [0.25, 0.3) is 5.91 Å². The fourth-order valence-corrected chi connectivity index (χ4v) is 5.41. The van der Waals surface area contributed by atoms with E-state index < -0.39 is 41.2 Å². The molecule has 2 aromatic rings. The molecule has 0 unspecified atom stereocenters. The lowest BCUT2D eigenvalue weighted by Crippen LogP contribution is -2.54. The Hall–Kier alpha value is -3.52. The summed E-state index contributed by atoms with van der Waals surface area (Å²) in [7, 11) is 1.65. The Morgan fingerprint density at radius 1 is 1.03 bits per heavy atom. The number of nitrogens with one attached hydrogen (secondary N) is 1. The molecule has 0 saturated carbocycles. The first-order valence-electron chi connectivity index (χ1n) is 10.2. The second-order valence-corrected chi connectivity index (χ2v) is 8.22. The van der Waals surface area contributed by atoms with Crippen molar-refractivity contribution in [3.8, 4) is 0 Å². The summed E-state index contributed by atoms with van der Waals surface area (Å²) in [5.74, 6) is -3.91. The number of hydrogen-bond donors (Lipinski definition) is 2. The second kappa shape index (κ2) is 6.75. The summed E-state index contributed by atoms with van der Waals surface area (Å²) in [5, 5.41) is 12.5. The molecule has 2 fully saturated rings. The Morgan fingerprint density at radius 3 is 2.42 bits per heavy atom. The minimum atomic E-state index is -1.39. The van der Waals surface area contributed by atoms with Crippen molar-refractivity contribution >= 4 is 35.1 Å². The number of carbonyl (C=O) groups excluding carboxylic acids is 3. The van der Waals surface area contributed by atoms with Crippen molar-refractivity contribution in [2.24, 2.45) is 11.8 Å². The summed E-state index contributed by atoms with van der Waals surface area (Å²) in [4.78, 5) is 54.6. The minimum Gasteiger partial charge on any atom is -0.481 e. The molecular formula is C23H21N3O5. The average molecular weight is 419 g/mol. The van der Waals surface area contributed by atoms with Crippen molar-refractivity contribution in [2.75, 3.05) is 16.8 Å². The quantitative estimate of drug-likeness (QED) is 0.728. The van der Waals surface area contributed by atoms with Gasteiger partial charge in [0, 0.05) is 30.8 Å². The van der Waals surface area contributed by atoms with Crippen LogP contribution < -0.4 is 15.1 Å². The smallest absolute Gasteiger partial charge is 0.303 e. The molecule has 0 aromatic heterocycles. The summed E-state index contributed by atoms with van der Waals surface area (Å²) >= 11 is 0. The zero-order valence-corrected chi connectivity index (χ0v) is 16.8. The van der Waals surface area contributed by atoms with Gasteiger partial charge < -0.3 is 10.0 Å². The fourth-order valence-electron chi connectivity index (χ4n) is 5.41. The van der Waals surface area contributed by atoms with Crippen LogP contribution in [0.2, 0.25) is 0 Å². The number of aliphatic carboxylic acids is 1. The average Bonchev–Trinajstić information content (AvgIpc) is 3.32. The first-order valence-corrected chi connectivity index (χ1v) is 10.2. The molecular weight excluding hydrogens is 398 g/mol. The van der Waals surface area contributed by atoms with E-state index in [1.54, 1.807) is 55.6 Å². The molecule has 31 heavy (non-hydrogen) atoms. The summed E-state index contributed by atoms with van der Waals surface area (Å²) in [6, 6.07) is 15.2. The standard InChI is InChI=1S/C23H21N3O5/c1-25-16-10-6-5-9-14(16)23(22(25)31)19-18(15(24-23)11-12-17(27)28)20(29)26(21(19)30)13-7-3-2-4-8-13/h2-10,15,18-19,24H,11-12H2,1H3,(H,27,28)/t15-,18-,19-,23+/m1/s1. The zero-order chi connectivity index (χ0) is 21.9. The van der Waals surface area contributed by atoms with Crippen molar-refractivity contribution in [1.29, 1.82) is 0 Å². The molecule has 3 amide bonds. The van der Waals surface area contributed by atoms with Crippen molar-refractivity contribution in [3.05, 3.63) is 60.2 Å². The van der Waals surface area contributed by atoms with E-state index >= 15 is 0 Å². The lowest BCUT2D eigenvalue weighted by Gasteiger charge is -2.30. The summed E-state index contributed by atoms with van der Waals surface area (Å²) in [5.41, 5.74) is 0.378. The topological polar surface area (TPSA) is 107 Å². The highest BCUT2D eigenvalue weighted by Gasteiger charge is 2.71. The molecule has 2 aromatic carbocycles. The normalized spacial score (nSPS) is 29.1. The maximum Gasteiger partial charge on any atom is 0.303 e. The lowest BCUT2D eigenvalue weighted by atomic mass is 9.76. The highest BCUT2D eigenvalue weighted by Crippen LogP contribution is 2.55. The largest absolute Gasteiger partial charge is 0.481 e. The van der Waals surface area contributed by atoms with Crippen LogP contribution in [0.15, 0.2) is 54.6 Å². The first-order chi connectivity index (χ1) is 14.9. The Kier molecular flexibility index (Phi) is 4.23. The van der Waals surface area contributed by atoms with Crippen molar-refractivity contribution in [1.82, 2.24) is 5.32 Å². The van der Waals surface area contributed by atoms with Crippen molar-refractivity contribution in [3.63, 3.8) is 0 Å². The van der Waals surface area contributed by atoms with Crippen molar-refractivity contribution < 1.29 is 24.3 Å². The summed E-state index contributed by atoms with van der Waals surface area (Å²) < 4.78 is 0. The van der Waals surface area contributed by atoms with Crippen LogP contribution in [-0.2, 0) is 24.7 Å². The monoisotopic (exact) mass is 419 g/mol. The van der Waals surface area contributed by atoms with Gasteiger partial charge in [-0.1, -0.05) is 36.4 Å². The number of carboxylic acids is 1. The number of amides is 3. The third kappa shape index (κ3) is 2.51. The molecule has 0 radical (unpaired) electrons. The number of fused-ring (bicyclic) bond motifs is 4. The third-order valence-corrected chi connectivity index (χ3v) is 6.68. The number of likely N-dealkylation sites (N-methyl/N-ethyl adjacent to an activating group) is 1. The van der Waals surface area contributed by atoms with Gasteiger partial charge in [0.1, 0.15) is 5.54 Å². The molecule has 2 saturated heterocycles. The predicted molar refractivity (Wildman–Crippen MR) is 111 cm³/mol. The lowest BCUT2D eigenvalue weighted by molar-refractivity contribution is -0.137. The number of imide groups is 1. The molecule has 0 aliphatic carbocycles. The molecule has 0 bridgehead atoms. The van der Waals surface area contributed by atoms with Gasteiger partial charge in [-0.05, 0) is 24.6 Å². The van der Waals surface area contributed by atoms with Gasteiger partial charge >= 0.3 is 5.97 Å². The maximum atomic E-state index is 13.7. The van der Waals surface area contributed by atoms with E-state index in [1.807, 2.05) is 6.07 Å². The number of anilines is 2. The van der Waals surface area contributed by atoms with Crippen LogP contribution in [0.4, 0.5) is 11.4 Å². The number of rotatable bonds is 4. The number of para-hydroxylation sites is 2. The Balaban J connectivity index is 1.67. The molecule has 158 valence electrons. The number of hydrogen-bond acceptors (Lipinski definition) is 5. The van der Waals surface area contributed by atoms with Gasteiger partial charge in [-0.25, -0.2) is 4.90 Å². The zero-order valence-electron chi connectivity index (χ0n) is 16.8. The fraction of sp³-hybridized carbons (Fsp3) is 0.304. The van der Waals surface area contributed by atoms with E-state index in [-0.39, 0.29) is 18.7 Å². The van der Waals surface area contributed by atoms with Crippen LogP contribution in [0.1, 0.15) is 18.4 Å². The van der Waals surface area contributed by atoms with Gasteiger partial charge in [-0.2, -0.15) is 0 Å². The number of nitrogens with zero attached hydrogens (tertiary/aromatic N) is 2. The third-order valence-electron chi connectivity index (χ3n) is 6.68. The molecule has 3 aliphatic rings. The highest BCUT2D eigenvalue weighted by molar-refractivity contribution is 6.26. The van der Waals surface area contributed by atoms with E-state index in [0.717, 1.165) is 4.90 Å². The molecule has 1 spiro atoms. The van der Waals surface area contributed by atoms with E-state index in [4.69, 9.17) is 0 Å². The maximum absolute atomic E-state index is 13.7. The van der Waals surface area contributed by atoms with Crippen LogP contribution >= 0.6 is 0 Å². The van der Waals surface area contributed by atoms with Gasteiger partial charge in [0.05, 0.1) is 17.5 Å². The summed E-state index contributed by atoms with van der Waals surface area (Å²) in [6.45, 7) is 0. The Labute approximate surface area is 178 Å². The van der Waals surface area contributed by atoms with E-state index in [9.17, 15) is 24.3 Å². The van der Waals surface area contributed by atoms with Crippen LogP contribution in [-0.4, -0.2) is 41.9 Å². The van der Waals surface area contributed by atoms with Crippen LogP contribution in [0.25, 0.3) is 0 Å². The first kappa shape index (κ1) is 19.4. The van der Waals surface area contributed by atoms with Gasteiger partial charge in [-0.15, -0.1) is 0 Å². The van der Waals surface area contributed by atoms with Crippen LogP contribution in [0.3, 0.4) is 0 Å².